The van der Waals surface area contributed by atoms with Gasteiger partial charge in [-0.15, -0.1) is 0 Å². The van der Waals surface area contributed by atoms with Crippen LogP contribution in [0.1, 0.15) is 25.8 Å². The van der Waals surface area contributed by atoms with E-state index < -0.39 is 5.97 Å². The third-order valence-electron chi connectivity index (χ3n) is 2.26. The second-order valence-electron chi connectivity index (χ2n) is 4.13. The van der Waals surface area contributed by atoms with Gasteiger partial charge in [-0.1, -0.05) is 28.9 Å². The molecule has 4 nitrogen and oxygen atoms in total. The van der Waals surface area contributed by atoms with Crippen LogP contribution in [-0.2, 0) is 16.0 Å². The fraction of sp³-hybridized carbons (Fsp3) is 0.385. The lowest BCUT2D eigenvalue weighted by atomic mass is 10.1. The Morgan fingerprint density at radius 2 is 2.00 bits per heavy atom. The fourth-order valence-electron chi connectivity index (χ4n) is 1.39. The Morgan fingerprint density at radius 3 is 2.50 bits per heavy atom. The molecule has 98 valence electrons. The molecule has 0 aliphatic rings. The Kier molecular flexibility index (Phi) is 5.65. The molecule has 0 amide bonds. The third-order valence-corrected chi connectivity index (χ3v) is 2.51. The minimum atomic E-state index is -0.582. The van der Waals surface area contributed by atoms with Crippen LogP contribution in [0.5, 0.6) is 0 Å². The SMILES string of the molecule is CC(C)OC(=O)/C(CCc1ccc(Cl)cc1)=N\O. The van der Waals surface area contributed by atoms with Crippen LogP contribution in [0.15, 0.2) is 29.4 Å². The quantitative estimate of drug-likeness (QED) is 0.387. The zero-order valence-corrected chi connectivity index (χ0v) is 11.1. The molecule has 1 aromatic rings. The maximum atomic E-state index is 11.5. The highest BCUT2D eigenvalue weighted by Crippen LogP contribution is 2.11. The largest absolute Gasteiger partial charge is 0.458 e. The van der Waals surface area contributed by atoms with E-state index in [2.05, 4.69) is 5.16 Å². The van der Waals surface area contributed by atoms with E-state index in [1.54, 1.807) is 26.0 Å². The molecule has 0 bridgehead atoms. The molecule has 0 aliphatic carbocycles. The molecule has 0 fully saturated rings. The average Bonchev–Trinajstić information content (AvgIpc) is 2.31. The van der Waals surface area contributed by atoms with Gasteiger partial charge in [0.15, 0.2) is 5.71 Å². The highest BCUT2D eigenvalue weighted by molar-refractivity contribution is 6.36. The van der Waals surface area contributed by atoms with Gasteiger partial charge in [0, 0.05) is 11.4 Å². The van der Waals surface area contributed by atoms with Gasteiger partial charge in [0.1, 0.15) is 0 Å². The van der Waals surface area contributed by atoms with Crippen LogP contribution in [0.4, 0.5) is 0 Å². The number of carbonyl (C=O) groups is 1. The van der Waals surface area contributed by atoms with Gasteiger partial charge in [-0.25, -0.2) is 4.79 Å². The molecule has 18 heavy (non-hydrogen) atoms. The Morgan fingerprint density at radius 1 is 1.39 bits per heavy atom. The van der Waals surface area contributed by atoms with Crippen LogP contribution in [0.25, 0.3) is 0 Å². The lowest BCUT2D eigenvalue weighted by Crippen LogP contribution is -2.21. The highest BCUT2D eigenvalue weighted by Gasteiger charge is 2.15. The Labute approximate surface area is 111 Å². The molecule has 1 N–H and O–H groups in total. The summed E-state index contributed by atoms with van der Waals surface area (Å²) in [6.45, 7) is 3.48. The second kappa shape index (κ2) is 7.01. The number of hydrogen-bond acceptors (Lipinski definition) is 4. The third kappa shape index (κ3) is 4.75. The number of nitrogens with zero attached hydrogens (tertiary/aromatic N) is 1. The topological polar surface area (TPSA) is 58.9 Å². The maximum Gasteiger partial charge on any atom is 0.356 e. The van der Waals surface area contributed by atoms with Gasteiger partial charge in [-0.05, 0) is 38.0 Å². The molecule has 1 rings (SSSR count). The normalized spacial score (nSPS) is 11.7. The van der Waals surface area contributed by atoms with Crippen LogP contribution >= 0.6 is 11.6 Å². The number of benzene rings is 1. The van der Waals surface area contributed by atoms with Gasteiger partial charge < -0.3 is 9.94 Å². The van der Waals surface area contributed by atoms with Crippen LogP contribution < -0.4 is 0 Å². The van der Waals surface area contributed by atoms with Crippen molar-refractivity contribution in [2.45, 2.75) is 32.8 Å². The molecule has 0 atom stereocenters. The zero-order valence-electron chi connectivity index (χ0n) is 10.4. The van der Waals surface area contributed by atoms with E-state index in [-0.39, 0.29) is 11.8 Å². The first-order chi connectivity index (χ1) is 8.52. The number of esters is 1. The first-order valence-electron chi connectivity index (χ1n) is 5.69. The van der Waals surface area contributed by atoms with Crippen molar-refractivity contribution in [2.75, 3.05) is 0 Å². The summed E-state index contributed by atoms with van der Waals surface area (Å²) in [5.41, 5.74) is 1.04. The first kappa shape index (κ1) is 14.5. The summed E-state index contributed by atoms with van der Waals surface area (Å²) in [4.78, 5) is 11.5. The number of carbonyl (C=O) groups excluding carboxylic acids is 1. The van der Waals surface area contributed by atoms with Gasteiger partial charge in [0.2, 0.25) is 0 Å². The van der Waals surface area contributed by atoms with Crippen LogP contribution in [0.3, 0.4) is 0 Å². The molecule has 0 radical (unpaired) electrons. The minimum Gasteiger partial charge on any atom is -0.458 e. The van der Waals surface area contributed by atoms with E-state index in [4.69, 9.17) is 21.5 Å². The van der Waals surface area contributed by atoms with Crippen molar-refractivity contribution < 1.29 is 14.7 Å². The van der Waals surface area contributed by atoms with E-state index in [1.807, 2.05) is 12.1 Å². The van der Waals surface area contributed by atoms with E-state index in [0.29, 0.717) is 17.9 Å². The average molecular weight is 270 g/mol. The van der Waals surface area contributed by atoms with Crippen molar-refractivity contribution in [1.29, 1.82) is 0 Å². The summed E-state index contributed by atoms with van der Waals surface area (Å²) in [5.74, 6) is -0.582. The van der Waals surface area contributed by atoms with E-state index in [0.717, 1.165) is 5.56 Å². The Hall–Kier alpha value is -1.55. The van der Waals surface area contributed by atoms with E-state index >= 15 is 0 Å². The molecule has 0 aromatic heterocycles. The highest BCUT2D eigenvalue weighted by atomic mass is 35.5. The summed E-state index contributed by atoms with van der Waals surface area (Å²) in [6.07, 6.45) is 0.678. The number of aryl methyl sites for hydroxylation is 1. The Bertz CT molecular complexity index is 426. The number of ether oxygens (including phenoxy) is 1. The first-order valence-corrected chi connectivity index (χ1v) is 6.07. The zero-order chi connectivity index (χ0) is 13.5. The number of hydrogen-bond donors (Lipinski definition) is 1. The number of halogens is 1. The van der Waals surface area contributed by atoms with Crippen molar-refractivity contribution in [3.63, 3.8) is 0 Å². The summed E-state index contributed by atoms with van der Waals surface area (Å²) in [5, 5.41) is 12.4. The minimum absolute atomic E-state index is 0.0265. The van der Waals surface area contributed by atoms with Crippen molar-refractivity contribution in [3.05, 3.63) is 34.9 Å². The molecule has 1 aromatic carbocycles. The summed E-state index contributed by atoms with van der Waals surface area (Å²) >= 11 is 5.77. The number of oxime groups is 1. The molecule has 5 heteroatoms. The molecule has 0 spiro atoms. The molecule has 0 unspecified atom stereocenters. The molecule has 0 saturated heterocycles. The predicted molar refractivity (Wildman–Crippen MR) is 70.2 cm³/mol. The lowest BCUT2D eigenvalue weighted by molar-refractivity contribution is -0.139. The lowest BCUT2D eigenvalue weighted by Gasteiger charge is -2.08. The van der Waals surface area contributed by atoms with E-state index in [1.165, 1.54) is 0 Å². The summed E-state index contributed by atoms with van der Waals surface area (Å²) in [6, 6.07) is 7.29. The molecule has 0 heterocycles. The fourth-order valence-corrected chi connectivity index (χ4v) is 1.51. The summed E-state index contributed by atoms with van der Waals surface area (Å²) < 4.78 is 4.96. The molecule has 0 aliphatic heterocycles. The smallest absolute Gasteiger partial charge is 0.356 e. The van der Waals surface area contributed by atoms with Gasteiger partial charge in [-0.3, -0.25) is 0 Å². The van der Waals surface area contributed by atoms with Crippen molar-refractivity contribution >= 4 is 23.3 Å². The monoisotopic (exact) mass is 269 g/mol. The number of rotatable bonds is 5. The predicted octanol–water partition coefficient (Wildman–Crippen LogP) is 3.05. The second-order valence-corrected chi connectivity index (χ2v) is 4.56. The molecular weight excluding hydrogens is 254 g/mol. The van der Waals surface area contributed by atoms with Crippen molar-refractivity contribution in [1.82, 2.24) is 0 Å². The van der Waals surface area contributed by atoms with Crippen molar-refractivity contribution in [3.8, 4) is 0 Å². The van der Waals surface area contributed by atoms with Crippen LogP contribution in [0, 0.1) is 0 Å². The van der Waals surface area contributed by atoms with Gasteiger partial charge >= 0.3 is 5.97 Å². The molecular formula is C13H16ClNO3. The standard InChI is InChI=1S/C13H16ClNO3/c1-9(2)18-13(16)12(15-17)8-5-10-3-6-11(14)7-4-10/h3-4,6-7,9,17H,5,8H2,1-2H3/b15-12-. The van der Waals surface area contributed by atoms with Crippen LogP contribution in [0.2, 0.25) is 5.02 Å². The Balaban J connectivity index is 2.55. The maximum absolute atomic E-state index is 11.5. The van der Waals surface area contributed by atoms with Crippen LogP contribution in [-0.4, -0.2) is 23.0 Å². The molecule has 0 saturated carbocycles. The van der Waals surface area contributed by atoms with Gasteiger partial charge in [-0.2, -0.15) is 0 Å². The van der Waals surface area contributed by atoms with E-state index in [9.17, 15) is 4.79 Å². The van der Waals surface area contributed by atoms with Gasteiger partial charge in [0.25, 0.3) is 0 Å². The van der Waals surface area contributed by atoms with Gasteiger partial charge in [0.05, 0.1) is 6.10 Å². The van der Waals surface area contributed by atoms with Crippen molar-refractivity contribution in [2.24, 2.45) is 5.16 Å². The summed E-state index contributed by atoms with van der Waals surface area (Å²) in [7, 11) is 0.